The number of nitriles is 1. The lowest BCUT2D eigenvalue weighted by Crippen LogP contribution is -2.17. The fourth-order valence-electron chi connectivity index (χ4n) is 1.13. The Hall–Kier alpha value is -1.31. The first-order chi connectivity index (χ1) is 7.19. The van der Waals surface area contributed by atoms with E-state index in [0.717, 1.165) is 0 Å². The molecule has 0 amide bonds. The lowest BCUT2D eigenvalue weighted by Gasteiger charge is -2.14. The highest BCUT2D eigenvalue weighted by atomic mass is 35.5. The van der Waals surface area contributed by atoms with E-state index in [1.165, 1.54) is 6.20 Å². The van der Waals surface area contributed by atoms with Crippen LogP contribution in [0.15, 0.2) is 12.3 Å². The minimum atomic E-state index is 0.0638. The first-order valence-electron chi connectivity index (χ1n) is 4.61. The van der Waals surface area contributed by atoms with Crippen LogP contribution < -0.4 is 5.32 Å². The number of nitrogens with one attached hydrogen (secondary N) is 1. The number of aromatic nitrogens is 1. The first kappa shape index (κ1) is 11.8. The minimum absolute atomic E-state index is 0.0638. The highest BCUT2D eigenvalue weighted by molar-refractivity contribution is 6.34. The van der Waals surface area contributed by atoms with E-state index < -0.39 is 0 Å². The fraction of sp³-hybridized carbons (Fsp3) is 0.400. The number of halogens is 1. The van der Waals surface area contributed by atoms with E-state index in [0.29, 0.717) is 22.8 Å². The molecule has 2 N–H and O–H groups in total. The maximum absolute atomic E-state index is 8.75. The van der Waals surface area contributed by atoms with E-state index >= 15 is 0 Å². The molecule has 0 saturated carbocycles. The highest BCUT2D eigenvalue weighted by Crippen LogP contribution is 2.23. The lowest BCUT2D eigenvalue weighted by atomic mass is 10.2. The zero-order valence-electron chi connectivity index (χ0n) is 8.37. The Morgan fingerprint density at radius 2 is 2.47 bits per heavy atom. The van der Waals surface area contributed by atoms with Crippen molar-refractivity contribution in [1.29, 1.82) is 5.26 Å². The van der Waals surface area contributed by atoms with Crippen LogP contribution in [0.5, 0.6) is 0 Å². The number of hydrogen-bond donors (Lipinski definition) is 2. The molecule has 80 valence electrons. The van der Waals surface area contributed by atoms with E-state index in [9.17, 15) is 0 Å². The predicted molar refractivity (Wildman–Crippen MR) is 58.7 cm³/mol. The van der Waals surface area contributed by atoms with Crippen LogP contribution >= 0.6 is 11.6 Å². The number of rotatable bonds is 4. The molecule has 0 radical (unpaired) electrons. The lowest BCUT2D eigenvalue weighted by molar-refractivity contribution is 0.282. The molecule has 0 aliphatic rings. The van der Waals surface area contributed by atoms with Crippen molar-refractivity contribution >= 4 is 17.4 Å². The van der Waals surface area contributed by atoms with Gasteiger partial charge >= 0.3 is 0 Å². The number of anilines is 1. The molecule has 0 aliphatic carbocycles. The van der Waals surface area contributed by atoms with E-state index in [2.05, 4.69) is 10.3 Å². The fourth-order valence-corrected chi connectivity index (χ4v) is 1.34. The van der Waals surface area contributed by atoms with Gasteiger partial charge in [0.25, 0.3) is 0 Å². The second-order valence-corrected chi connectivity index (χ2v) is 3.57. The van der Waals surface area contributed by atoms with Crippen molar-refractivity contribution in [1.82, 2.24) is 4.98 Å². The van der Waals surface area contributed by atoms with E-state index in [1.54, 1.807) is 6.07 Å². The molecule has 0 aliphatic heterocycles. The van der Waals surface area contributed by atoms with Gasteiger partial charge in [0.15, 0.2) is 0 Å². The third kappa shape index (κ3) is 3.08. The molecule has 1 aromatic heterocycles. The molecular formula is C10H12ClN3O. The molecular weight excluding hydrogens is 214 g/mol. The monoisotopic (exact) mass is 225 g/mol. The van der Waals surface area contributed by atoms with Gasteiger partial charge in [-0.1, -0.05) is 11.6 Å². The number of aliphatic hydroxyl groups excluding tert-OH is 1. The Balaban J connectivity index is 2.82. The Labute approximate surface area is 93.5 Å². The average Bonchev–Trinajstić information content (AvgIpc) is 2.21. The van der Waals surface area contributed by atoms with E-state index in [1.807, 2.05) is 13.0 Å². The summed E-state index contributed by atoms with van der Waals surface area (Å²) in [6.07, 6.45) is 2.13. The summed E-state index contributed by atoms with van der Waals surface area (Å²) in [6.45, 7) is 2.01. The third-order valence-electron chi connectivity index (χ3n) is 1.95. The SMILES string of the molecule is CC(CCO)Nc1nccc(C#N)c1Cl. The van der Waals surface area contributed by atoms with Crippen LogP contribution in [0.4, 0.5) is 5.82 Å². The van der Waals surface area contributed by atoms with Gasteiger partial charge in [-0.15, -0.1) is 0 Å². The van der Waals surface area contributed by atoms with Crippen molar-refractivity contribution in [2.75, 3.05) is 11.9 Å². The van der Waals surface area contributed by atoms with Crippen LogP contribution in [-0.4, -0.2) is 22.7 Å². The number of pyridine rings is 1. The van der Waals surface area contributed by atoms with E-state index in [4.69, 9.17) is 22.0 Å². The van der Waals surface area contributed by atoms with Gasteiger partial charge in [-0.3, -0.25) is 0 Å². The quantitative estimate of drug-likeness (QED) is 0.820. The summed E-state index contributed by atoms with van der Waals surface area (Å²) >= 11 is 5.94. The maximum Gasteiger partial charge on any atom is 0.146 e. The summed E-state index contributed by atoms with van der Waals surface area (Å²) in [4.78, 5) is 4.03. The summed E-state index contributed by atoms with van der Waals surface area (Å²) in [7, 11) is 0. The molecule has 0 aromatic carbocycles. The minimum Gasteiger partial charge on any atom is -0.396 e. The molecule has 1 heterocycles. The first-order valence-corrected chi connectivity index (χ1v) is 4.98. The van der Waals surface area contributed by atoms with Crippen LogP contribution in [0.1, 0.15) is 18.9 Å². The summed E-state index contributed by atoms with van der Waals surface area (Å²) in [5.74, 6) is 0.483. The molecule has 4 nitrogen and oxygen atoms in total. The summed E-state index contributed by atoms with van der Waals surface area (Å²) in [6, 6.07) is 3.60. The van der Waals surface area contributed by atoms with Crippen molar-refractivity contribution in [2.24, 2.45) is 0 Å². The molecule has 0 saturated heterocycles. The van der Waals surface area contributed by atoms with Gasteiger partial charge < -0.3 is 10.4 Å². The topological polar surface area (TPSA) is 68.9 Å². The van der Waals surface area contributed by atoms with Gasteiger partial charge in [0.05, 0.1) is 5.56 Å². The zero-order valence-corrected chi connectivity index (χ0v) is 9.12. The van der Waals surface area contributed by atoms with Crippen LogP contribution in [0, 0.1) is 11.3 Å². The summed E-state index contributed by atoms with van der Waals surface area (Å²) < 4.78 is 0. The van der Waals surface area contributed by atoms with Crippen molar-refractivity contribution in [3.05, 3.63) is 22.8 Å². The molecule has 1 unspecified atom stereocenters. The van der Waals surface area contributed by atoms with Crippen LogP contribution in [-0.2, 0) is 0 Å². The van der Waals surface area contributed by atoms with Gasteiger partial charge in [-0.2, -0.15) is 5.26 Å². The Kier molecular flexibility index (Phi) is 4.35. The molecule has 1 rings (SSSR count). The number of nitrogens with zero attached hydrogens (tertiary/aromatic N) is 2. The van der Waals surface area contributed by atoms with Gasteiger partial charge in [0.1, 0.15) is 16.9 Å². The van der Waals surface area contributed by atoms with Gasteiger partial charge in [-0.05, 0) is 19.4 Å². The van der Waals surface area contributed by atoms with Crippen LogP contribution in [0.2, 0.25) is 5.02 Å². The molecule has 1 atom stereocenters. The molecule has 0 spiro atoms. The molecule has 5 heteroatoms. The van der Waals surface area contributed by atoms with Gasteiger partial charge in [0, 0.05) is 18.8 Å². The maximum atomic E-state index is 8.75. The second kappa shape index (κ2) is 5.54. The standard InChI is InChI=1S/C10H12ClN3O/c1-7(3-5-15)14-10-9(11)8(6-12)2-4-13-10/h2,4,7,15H,3,5H2,1H3,(H,13,14). The van der Waals surface area contributed by atoms with Crippen molar-refractivity contribution in [2.45, 2.75) is 19.4 Å². The van der Waals surface area contributed by atoms with E-state index in [-0.39, 0.29) is 12.6 Å². The van der Waals surface area contributed by atoms with Crippen molar-refractivity contribution in [3.8, 4) is 6.07 Å². The average molecular weight is 226 g/mol. The Morgan fingerprint density at radius 3 is 3.07 bits per heavy atom. The molecule has 0 bridgehead atoms. The summed E-state index contributed by atoms with van der Waals surface area (Å²) in [5.41, 5.74) is 0.394. The Morgan fingerprint density at radius 1 is 1.73 bits per heavy atom. The van der Waals surface area contributed by atoms with Crippen LogP contribution in [0.3, 0.4) is 0 Å². The molecule has 15 heavy (non-hydrogen) atoms. The van der Waals surface area contributed by atoms with Crippen molar-refractivity contribution in [3.63, 3.8) is 0 Å². The number of aliphatic hydroxyl groups is 1. The Bertz CT molecular complexity index is 375. The third-order valence-corrected chi connectivity index (χ3v) is 2.34. The molecule has 0 fully saturated rings. The highest BCUT2D eigenvalue weighted by Gasteiger charge is 2.09. The largest absolute Gasteiger partial charge is 0.396 e. The summed E-state index contributed by atoms with van der Waals surface area (Å²) in [5, 5.41) is 20.8. The van der Waals surface area contributed by atoms with Crippen LogP contribution in [0.25, 0.3) is 0 Å². The zero-order chi connectivity index (χ0) is 11.3. The molecule has 1 aromatic rings. The van der Waals surface area contributed by atoms with Gasteiger partial charge in [-0.25, -0.2) is 4.98 Å². The smallest absolute Gasteiger partial charge is 0.146 e. The number of hydrogen-bond acceptors (Lipinski definition) is 4. The second-order valence-electron chi connectivity index (χ2n) is 3.19. The normalized spacial score (nSPS) is 11.9. The van der Waals surface area contributed by atoms with Gasteiger partial charge in [0.2, 0.25) is 0 Å². The predicted octanol–water partition coefficient (Wildman–Crippen LogP) is 1.79. The van der Waals surface area contributed by atoms with Crippen molar-refractivity contribution < 1.29 is 5.11 Å².